The third kappa shape index (κ3) is 2.48. The molecule has 0 aromatic carbocycles. The van der Waals surface area contributed by atoms with Crippen molar-refractivity contribution in [3.63, 3.8) is 0 Å². The molecule has 0 atom stereocenters. The van der Waals surface area contributed by atoms with Crippen LogP contribution in [0.4, 0.5) is 4.79 Å². The molecule has 12 heavy (non-hydrogen) atoms. The zero-order valence-corrected chi connectivity index (χ0v) is 7.44. The Hall–Kier alpha value is -1.14. The van der Waals surface area contributed by atoms with Crippen molar-refractivity contribution in [3.8, 4) is 0 Å². The predicted octanol–water partition coefficient (Wildman–Crippen LogP) is 0.124. The molecule has 0 aliphatic heterocycles. The topological polar surface area (TPSA) is 80.0 Å². The molecule has 5 nitrogen and oxygen atoms in total. The number of hydrazine groups is 1. The summed E-state index contributed by atoms with van der Waals surface area (Å²) in [5.74, 6) is 4.87. The number of nitrogens with zero attached hydrogens (tertiary/aromatic N) is 1. The maximum atomic E-state index is 10.6. The minimum Gasteiger partial charge on any atom is -0.332 e. The monoisotopic (exact) mass is 186 g/mol. The molecule has 0 saturated heterocycles. The molecule has 0 unspecified atom stereocenters. The van der Waals surface area contributed by atoms with E-state index in [9.17, 15) is 4.79 Å². The molecule has 6 heteroatoms. The lowest BCUT2D eigenvalue weighted by Crippen LogP contribution is -2.39. The quantitative estimate of drug-likeness (QED) is 0.349. The molecular weight excluding hydrogens is 176 g/mol. The Bertz CT molecular complexity index is 272. The smallest absolute Gasteiger partial charge is 0.329 e. The molecule has 0 aliphatic carbocycles. The number of urea groups is 1. The summed E-state index contributed by atoms with van der Waals surface area (Å²) >= 11 is 1.55. The lowest BCUT2D eigenvalue weighted by Gasteiger charge is -1.99. The average Bonchev–Trinajstić information content (AvgIpc) is 2.47. The largest absolute Gasteiger partial charge is 0.332 e. The average molecular weight is 186 g/mol. The van der Waals surface area contributed by atoms with E-state index in [1.165, 1.54) is 0 Å². The number of nitrogens with two attached hydrogens (primary N) is 1. The van der Waals surface area contributed by atoms with Gasteiger partial charge in [-0.05, 0) is 6.92 Å². The van der Waals surface area contributed by atoms with E-state index < -0.39 is 0 Å². The number of hydrogen-bond acceptors (Lipinski definition) is 4. The van der Waals surface area contributed by atoms with E-state index in [1.54, 1.807) is 17.5 Å². The summed E-state index contributed by atoms with van der Waals surface area (Å²) in [6.07, 6.45) is 1.73. The van der Waals surface area contributed by atoms with Gasteiger partial charge in [0.25, 0.3) is 0 Å². The highest BCUT2D eigenvalue weighted by Crippen LogP contribution is 2.10. The fraction of sp³-hybridized carbons (Fsp3) is 0.333. The van der Waals surface area contributed by atoms with Gasteiger partial charge in [0.2, 0.25) is 0 Å². The Kier molecular flexibility index (Phi) is 3.01. The molecule has 0 saturated carbocycles. The number of nitrogens with one attached hydrogen (secondary N) is 2. The number of rotatable bonds is 2. The maximum absolute atomic E-state index is 10.6. The van der Waals surface area contributed by atoms with Crippen LogP contribution in [0.2, 0.25) is 0 Å². The molecule has 1 rings (SSSR count). The second-order valence-corrected chi connectivity index (χ2v) is 3.49. The van der Waals surface area contributed by atoms with Gasteiger partial charge in [-0.1, -0.05) is 0 Å². The van der Waals surface area contributed by atoms with Gasteiger partial charge >= 0.3 is 6.03 Å². The molecule has 0 aliphatic rings. The van der Waals surface area contributed by atoms with E-state index in [0.717, 1.165) is 9.88 Å². The van der Waals surface area contributed by atoms with Crippen LogP contribution >= 0.6 is 11.3 Å². The minimum atomic E-state index is -0.388. The number of carbonyl (C=O) groups is 1. The summed E-state index contributed by atoms with van der Waals surface area (Å²) in [5, 5.41) is 3.54. The predicted molar refractivity (Wildman–Crippen MR) is 46.4 cm³/mol. The fourth-order valence-corrected chi connectivity index (χ4v) is 1.44. The molecule has 1 heterocycles. The molecule has 1 aromatic heterocycles. The van der Waals surface area contributed by atoms with Crippen LogP contribution in [0.25, 0.3) is 0 Å². The van der Waals surface area contributed by atoms with Crippen molar-refractivity contribution in [3.05, 3.63) is 16.1 Å². The number of amides is 2. The van der Waals surface area contributed by atoms with Gasteiger partial charge in [-0.15, -0.1) is 11.3 Å². The van der Waals surface area contributed by atoms with Crippen LogP contribution < -0.4 is 16.6 Å². The highest BCUT2D eigenvalue weighted by Gasteiger charge is 1.99. The minimum absolute atomic E-state index is 0.388. The summed E-state index contributed by atoms with van der Waals surface area (Å²) in [6.45, 7) is 2.38. The van der Waals surface area contributed by atoms with Crippen molar-refractivity contribution in [1.29, 1.82) is 0 Å². The molecular formula is C6H10N4OS. The van der Waals surface area contributed by atoms with E-state index in [2.05, 4.69) is 10.3 Å². The van der Waals surface area contributed by atoms with Crippen molar-refractivity contribution in [1.82, 2.24) is 15.7 Å². The van der Waals surface area contributed by atoms with Gasteiger partial charge in [0.15, 0.2) is 0 Å². The Labute approximate surface area is 74.0 Å². The lowest BCUT2D eigenvalue weighted by molar-refractivity contribution is 0.241. The van der Waals surface area contributed by atoms with Crippen molar-refractivity contribution < 1.29 is 4.79 Å². The third-order valence-corrected chi connectivity index (χ3v) is 2.14. The number of hydrogen-bond donors (Lipinski definition) is 3. The number of thiazole rings is 1. The van der Waals surface area contributed by atoms with E-state index >= 15 is 0 Å². The Morgan fingerprint density at radius 1 is 1.83 bits per heavy atom. The second-order valence-electron chi connectivity index (χ2n) is 2.17. The molecule has 0 fully saturated rings. The first kappa shape index (κ1) is 8.95. The summed E-state index contributed by atoms with van der Waals surface area (Å²) in [7, 11) is 0. The van der Waals surface area contributed by atoms with Gasteiger partial charge in [-0.3, -0.25) is 5.43 Å². The van der Waals surface area contributed by atoms with Crippen molar-refractivity contribution in [2.75, 3.05) is 0 Å². The standard InChI is InChI=1S/C6H10N4OS/c1-4-8-2-5(12-4)3-9-6(11)10-7/h2H,3,7H2,1H3,(H2,9,10,11). The van der Waals surface area contributed by atoms with E-state index in [1.807, 2.05) is 12.3 Å². The Morgan fingerprint density at radius 2 is 2.58 bits per heavy atom. The first-order valence-electron chi connectivity index (χ1n) is 3.38. The van der Waals surface area contributed by atoms with Crippen LogP contribution in [0.5, 0.6) is 0 Å². The maximum Gasteiger partial charge on any atom is 0.329 e. The van der Waals surface area contributed by atoms with Crippen LogP contribution in [0.1, 0.15) is 9.88 Å². The van der Waals surface area contributed by atoms with E-state index in [0.29, 0.717) is 6.54 Å². The summed E-state index contributed by atoms with van der Waals surface area (Å²) in [5.41, 5.74) is 1.98. The van der Waals surface area contributed by atoms with Gasteiger partial charge in [0.05, 0.1) is 11.6 Å². The SMILES string of the molecule is Cc1ncc(CNC(=O)NN)s1. The van der Waals surface area contributed by atoms with Gasteiger partial charge in [-0.25, -0.2) is 15.6 Å². The third-order valence-electron chi connectivity index (χ3n) is 1.22. The second kappa shape index (κ2) is 4.03. The van der Waals surface area contributed by atoms with E-state index in [4.69, 9.17) is 5.84 Å². The van der Waals surface area contributed by atoms with Gasteiger partial charge in [0, 0.05) is 11.1 Å². The van der Waals surface area contributed by atoms with Crippen LogP contribution in [-0.2, 0) is 6.54 Å². The zero-order chi connectivity index (χ0) is 8.97. The molecule has 0 spiro atoms. The summed E-state index contributed by atoms with van der Waals surface area (Å²) in [4.78, 5) is 15.7. The number of carbonyl (C=O) groups excluding carboxylic acids is 1. The fourth-order valence-electron chi connectivity index (χ4n) is 0.705. The number of aromatic nitrogens is 1. The van der Waals surface area contributed by atoms with Crippen LogP contribution in [0, 0.1) is 6.92 Å². The van der Waals surface area contributed by atoms with Crippen LogP contribution in [-0.4, -0.2) is 11.0 Å². The molecule has 66 valence electrons. The van der Waals surface area contributed by atoms with Crippen molar-refractivity contribution in [2.45, 2.75) is 13.5 Å². The molecule has 1 aromatic rings. The van der Waals surface area contributed by atoms with Crippen molar-refractivity contribution >= 4 is 17.4 Å². The molecule has 4 N–H and O–H groups in total. The Morgan fingerprint density at radius 3 is 3.08 bits per heavy atom. The molecule has 2 amide bonds. The van der Waals surface area contributed by atoms with Gasteiger partial charge in [0.1, 0.15) is 0 Å². The molecule has 0 radical (unpaired) electrons. The lowest BCUT2D eigenvalue weighted by atomic mass is 10.5. The number of aryl methyl sites for hydroxylation is 1. The van der Waals surface area contributed by atoms with Gasteiger partial charge < -0.3 is 5.32 Å². The zero-order valence-electron chi connectivity index (χ0n) is 6.63. The normalized spacial score (nSPS) is 9.50. The van der Waals surface area contributed by atoms with Crippen LogP contribution in [0.3, 0.4) is 0 Å². The highest BCUT2D eigenvalue weighted by atomic mass is 32.1. The first-order valence-corrected chi connectivity index (χ1v) is 4.20. The Balaban J connectivity index is 2.38. The van der Waals surface area contributed by atoms with Gasteiger partial charge in [-0.2, -0.15) is 0 Å². The first-order chi connectivity index (χ1) is 5.72. The van der Waals surface area contributed by atoms with Crippen LogP contribution in [0.15, 0.2) is 6.20 Å². The summed E-state index contributed by atoms with van der Waals surface area (Å²) in [6, 6.07) is -0.388. The van der Waals surface area contributed by atoms with Crippen molar-refractivity contribution in [2.24, 2.45) is 5.84 Å². The highest BCUT2D eigenvalue weighted by molar-refractivity contribution is 7.11. The molecule has 0 bridgehead atoms. The van der Waals surface area contributed by atoms with E-state index in [-0.39, 0.29) is 6.03 Å². The summed E-state index contributed by atoms with van der Waals surface area (Å²) < 4.78 is 0.